The maximum atomic E-state index is 13.4. The second-order valence-corrected chi connectivity index (χ2v) is 16.3. The molecule has 0 aliphatic heterocycles. The number of carbonyl (C=O) groups is 3. The van der Waals surface area contributed by atoms with Crippen molar-refractivity contribution >= 4 is 31.7 Å². The molecule has 3 amide bonds. The molecule has 0 aromatic heterocycles. The fraction of sp³-hybridized carbons (Fsp3) is 0.483. The Morgan fingerprint density at radius 1 is 0.868 bits per heavy atom. The molecule has 0 radical (unpaired) electrons. The van der Waals surface area contributed by atoms with Crippen LogP contribution < -0.4 is 21.7 Å². The largest absolute Gasteiger partial charge is 0.450 e. The van der Waals surface area contributed by atoms with Gasteiger partial charge in [0.1, 0.15) is 12.1 Å². The van der Waals surface area contributed by atoms with Gasteiger partial charge < -0.3 is 26.4 Å². The number of ether oxygens (including phenoxy) is 1. The average molecular weight is 541 g/mol. The van der Waals surface area contributed by atoms with Crippen molar-refractivity contribution in [2.24, 2.45) is 5.73 Å². The van der Waals surface area contributed by atoms with Crippen molar-refractivity contribution in [1.29, 1.82) is 0 Å². The molecule has 2 aromatic rings. The predicted molar refractivity (Wildman–Crippen MR) is 156 cm³/mol. The third kappa shape index (κ3) is 11.9. The normalized spacial score (nSPS) is 12.8. The van der Waals surface area contributed by atoms with Crippen LogP contribution in [0.1, 0.15) is 37.3 Å². The molecule has 208 valence electrons. The smallest absolute Gasteiger partial charge is 0.407 e. The molecule has 9 heteroatoms. The summed E-state index contributed by atoms with van der Waals surface area (Å²) in [6, 6.07) is 16.2. The van der Waals surface area contributed by atoms with E-state index in [0.29, 0.717) is 31.7 Å². The Kier molecular flexibility index (Phi) is 13.0. The summed E-state index contributed by atoms with van der Waals surface area (Å²) in [6.45, 7) is 9.48. The van der Waals surface area contributed by atoms with E-state index in [2.05, 4.69) is 42.5 Å². The van der Waals surface area contributed by atoms with Gasteiger partial charge in [0, 0.05) is 20.2 Å². The molecule has 0 spiro atoms. The van der Waals surface area contributed by atoms with Crippen LogP contribution in [-0.4, -0.2) is 51.2 Å². The number of aryl methyl sites for hydroxylation is 1. The Morgan fingerprint density at radius 3 is 2.16 bits per heavy atom. The van der Waals surface area contributed by atoms with Gasteiger partial charge in [-0.3, -0.25) is 9.59 Å². The minimum atomic E-state index is -1.37. The van der Waals surface area contributed by atoms with Gasteiger partial charge in [-0.15, -0.1) is 0 Å². The quantitative estimate of drug-likeness (QED) is 0.196. The van der Waals surface area contributed by atoms with Gasteiger partial charge in [0.15, 0.2) is 0 Å². The van der Waals surface area contributed by atoms with Crippen molar-refractivity contribution in [3.63, 3.8) is 0 Å². The molecular weight excluding hydrogens is 496 g/mol. The van der Waals surface area contributed by atoms with E-state index in [9.17, 15) is 14.4 Å². The summed E-state index contributed by atoms with van der Waals surface area (Å²) < 4.78 is 5.38. The zero-order valence-electron chi connectivity index (χ0n) is 23.2. The summed E-state index contributed by atoms with van der Waals surface area (Å²) in [5.74, 6) is -0.749. The van der Waals surface area contributed by atoms with Crippen LogP contribution in [0.3, 0.4) is 0 Å². The van der Waals surface area contributed by atoms with Crippen LogP contribution in [0.15, 0.2) is 54.6 Å². The van der Waals surface area contributed by atoms with Gasteiger partial charge in [0.25, 0.3) is 0 Å². The molecule has 5 N–H and O–H groups in total. The number of anilines is 1. The Balaban J connectivity index is 2.13. The highest BCUT2D eigenvalue weighted by molar-refractivity contribution is 6.76. The summed E-state index contributed by atoms with van der Waals surface area (Å²) in [5.41, 5.74) is 8.37. The number of rotatable bonds is 15. The monoisotopic (exact) mass is 540 g/mol. The van der Waals surface area contributed by atoms with Gasteiger partial charge in [0.2, 0.25) is 11.8 Å². The highest BCUT2D eigenvalue weighted by Gasteiger charge is 2.27. The van der Waals surface area contributed by atoms with Crippen molar-refractivity contribution in [2.45, 2.75) is 76.8 Å². The van der Waals surface area contributed by atoms with Gasteiger partial charge >= 0.3 is 6.09 Å². The molecule has 0 saturated heterocycles. The van der Waals surface area contributed by atoms with Crippen LogP contribution in [0.2, 0.25) is 25.7 Å². The van der Waals surface area contributed by atoms with Crippen molar-refractivity contribution in [3.05, 3.63) is 65.7 Å². The first kappa shape index (κ1) is 31.0. The van der Waals surface area contributed by atoms with E-state index in [4.69, 9.17) is 10.5 Å². The van der Waals surface area contributed by atoms with E-state index in [1.807, 2.05) is 54.6 Å². The predicted octanol–water partition coefficient (Wildman–Crippen LogP) is 4.48. The first-order chi connectivity index (χ1) is 18.1. The van der Waals surface area contributed by atoms with Gasteiger partial charge in [-0.25, -0.2) is 4.79 Å². The number of nitrogens with one attached hydrogen (secondary N) is 3. The average Bonchev–Trinajstić information content (AvgIpc) is 2.88. The molecular formula is C29H44N4O4Si. The first-order valence-electron chi connectivity index (χ1n) is 13.5. The van der Waals surface area contributed by atoms with E-state index in [0.717, 1.165) is 24.4 Å². The van der Waals surface area contributed by atoms with E-state index in [1.54, 1.807) is 0 Å². The van der Waals surface area contributed by atoms with E-state index in [-0.39, 0.29) is 12.3 Å². The fourth-order valence-corrected chi connectivity index (χ4v) is 4.49. The summed E-state index contributed by atoms with van der Waals surface area (Å²) in [6.07, 6.45) is 2.38. The van der Waals surface area contributed by atoms with E-state index < -0.39 is 32.2 Å². The summed E-state index contributed by atoms with van der Waals surface area (Å²) in [7, 11) is -1.37. The van der Waals surface area contributed by atoms with Crippen molar-refractivity contribution in [1.82, 2.24) is 10.6 Å². The number of carbonyl (C=O) groups excluding carboxylic acids is 3. The van der Waals surface area contributed by atoms with Crippen LogP contribution >= 0.6 is 0 Å². The summed E-state index contributed by atoms with van der Waals surface area (Å²) >= 11 is 0. The molecule has 38 heavy (non-hydrogen) atoms. The highest BCUT2D eigenvalue weighted by Crippen LogP contribution is 2.13. The Labute approximate surface area is 228 Å². The molecule has 0 bridgehead atoms. The zero-order valence-corrected chi connectivity index (χ0v) is 24.2. The van der Waals surface area contributed by atoms with Crippen LogP contribution in [-0.2, 0) is 27.2 Å². The van der Waals surface area contributed by atoms with Gasteiger partial charge in [0.05, 0.1) is 6.61 Å². The van der Waals surface area contributed by atoms with Crippen molar-refractivity contribution < 1.29 is 19.1 Å². The second-order valence-electron chi connectivity index (χ2n) is 10.7. The third-order valence-electron chi connectivity index (χ3n) is 6.19. The van der Waals surface area contributed by atoms with Gasteiger partial charge in [-0.05, 0) is 61.5 Å². The molecule has 2 aromatic carbocycles. The van der Waals surface area contributed by atoms with Crippen molar-refractivity contribution in [3.8, 4) is 0 Å². The van der Waals surface area contributed by atoms with Crippen LogP contribution in [0.5, 0.6) is 0 Å². The lowest BCUT2D eigenvalue weighted by Gasteiger charge is -2.23. The van der Waals surface area contributed by atoms with E-state index >= 15 is 0 Å². The number of hydrogen-bond acceptors (Lipinski definition) is 5. The third-order valence-corrected chi connectivity index (χ3v) is 7.89. The summed E-state index contributed by atoms with van der Waals surface area (Å²) in [4.78, 5) is 39.2. The van der Waals surface area contributed by atoms with Crippen LogP contribution in [0.25, 0.3) is 0 Å². The molecule has 0 fully saturated rings. The molecule has 8 nitrogen and oxygen atoms in total. The SMILES string of the molecule is CCc1ccc(NC(=O)[C@H](CCCCN)NC(=O)[C@H](Cc2ccccc2)NC(=O)OCC[Si](C)(C)C)cc1. The fourth-order valence-electron chi connectivity index (χ4n) is 3.78. The number of nitrogens with two attached hydrogens (primary N) is 1. The lowest BCUT2D eigenvalue weighted by molar-refractivity contribution is -0.128. The number of benzene rings is 2. The zero-order chi connectivity index (χ0) is 28.0. The number of unbranched alkanes of at least 4 members (excludes halogenated alkanes) is 1. The maximum Gasteiger partial charge on any atom is 0.407 e. The molecule has 0 aliphatic rings. The summed E-state index contributed by atoms with van der Waals surface area (Å²) in [5, 5.41) is 8.49. The number of alkyl carbamates (subject to hydrolysis) is 1. The number of hydrogen-bond donors (Lipinski definition) is 4. The molecule has 0 heterocycles. The first-order valence-corrected chi connectivity index (χ1v) is 17.2. The maximum absolute atomic E-state index is 13.4. The number of amides is 3. The highest BCUT2D eigenvalue weighted by atomic mass is 28.3. The topological polar surface area (TPSA) is 123 Å². The molecule has 2 rings (SSSR count). The molecule has 0 aliphatic carbocycles. The lowest BCUT2D eigenvalue weighted by Crippen LogP contribution is -2.53. The molecule has 0 unspecified atom stereocenters. The van der Waals surface area contributed by atoms with Crippen molar-refractivity contribution in [2.75, 3.05) is 18.5 Å². The van der Waals surface area contributed by atoms with Crippen LogP contribution in [0.4, 0.5) is 10.5 Å². The Bertz CT molecular complexity index is 1010. The van der Waals surface area contributed by atoms with E-state index in [1.165, 1.54) is 5.56 Å². The Morgan fingerprint density at radius 2 is 1.55 bits per heavy atom. The van der Waals surface area contributed by atoms with Gasteiger partial charge in [-0.1, -0.05) is 69.0 Å². The minimum absolute atomic E-state index is 0.269. The second kappa shape index (κ2) is 15.9. The minimum Gasteiger partial charge on any atom is -0.450 e. The lowest BCUT2D eigenvalue weighted by atomic mass is 10.0. The molecule has 0 saturated carbocycles. The van der Waals surface area contributed by atoms with Gasteiger partial charge in [-0.2, -0.15) is 0 Å². The standard InChI is InChI=1S/C29H44N4O4Si/c1-5-22-14-16-24(17-15-22)31-27(34)25(13-9-10-18-30)32-28(35)26(21-23-11-7-6-8-12-23)33-29(36)37-19-20-38(2,3)4/h6-8,11-12,14-17,25-26H,5,9-10,13,18-21,30H2,1-4H3,(H,31,34)(H,32,35)(H,33,36)/t25-,26-/m0/s1. The van der Waals surface area contributed by atoms with Crippen LogP contribution in [0, 0.1) is 0 Å². The molecule has 2 atom stereocenters. The Hall–Kier alpha value is -3.17.